The molecule has 6 nitrogen and oxygen atoms in total. The summed E-state index contributed by atoms with van der Waals surface area (Å²) in [6.07, 6.45) is 1.75. The first-order valence-corrected chi connectivity index (χ1v) is 12.5. The second-order valence-electron chi connectivity index (χ2n) is 8.63. The van der Waals surface area contributed by atoms with Crippen molar-refractivity contribution in [2.45, 2.75) is 31.5 Å². The normalized spacial score (nSPS) is 13.7. The first-order chi connectivity index (χ1) is 17.1. The molecule has 7 heteroatoms. The smallest absolute Gasteiger partial charge is 0.131 e. The molecule has 0 bridgehead atoms. The monoisotopic (exact) mass is 489 g/mol. The third kappa shape index (κ3) is 6.28. The molecular formula is C28H32ClN5O. The maximum Gasteiger partial charge on any atom is 0.131 e. The van der Waals surface area contributed by atoms with Crippen molar-refractivity contribution in [1.82, 2.24) is 14.9 Å². The van der Waals surface area contributed by atoms with Crippen LogP contribution in [0.15, 0.2) is 83.9 Å². The van der Waals surface area contributed by atoms with Gasteiger partial charge >= 0.3 is 0 Å². The molecule has 3 aromatic carbocycles. The molecule has 0 saturated heterocycles. The van der Waals surface area contributed by atoms with Gasteiger partial charge < -0.3 is 15.4 Å². The minimum Gasteiger partial charge on any atom is -0.386 e. The van der Waals surface area contributed by atoms with Gasteiger partial charge in [0.15, 0.2) is 0 Å². The zero-order valence-corrected chi connectivity index (χ0v) is 20.7. The number of aryl methyl sites for hydroxylation is 1. The van der Waals surface area contributed by atoms with Crippen molar-refractivity contribution in [3.63, 3.8) is 0 Å². The number of aliphatic hydroxyl groups is 1. The van der Waals surface area contributed by atoms with E-state index in [9.17, 15) is 5.11 Å². The van der Waals surface area contributed by atoms with Gasteiger partial charge in [-0.05, 0) is 48.1 Å². The predicted octanol–water partition coefficient (Wildman–Crippen LogP) is 5.33. The maximum absolute atomic E-state index is 11.1. The molecule has 0 aliphatic heterocycles. The van der Waals surface area contributed by atoms with Crippen molar-refractivity contribution >= 4 is 28.5 Å². The van der Waals surface area contributed by atoms with Crippen molar-refractivity contribution in [2.75, 3.05) is 12.4 Å². The van der Waals surface area contributed by atoms with E-state index >= 15 is 0 Å². The van der Waals surface area contributed by atoms with Gasteiger partial charge in [-0.2, -0.15) is 0 Å². The molecule has 1 aromatic heterocycles. The topological polar surface area (TPSA) is 88.5 Å². The number of fused-ring (bicyclic) bond motifs is 1. The van der Waals surface area contributed by atoms with Gasteiger partial charge in [-0.25, -0.2) is 4.98 Å². The number of nitrogens with zero attached hydrogens (tertiary/aromatic N) is 3. The number of hydrogen-bond acceptors (Lipinski definition) is 4. The maximum atomic E-state index is 11.1. The van der Waals surface area contributed by atoms with E-state index in [1.54, 1.807) is 0 Å². The summed E-state index contributed by atoms with van der Waals surface area (Å²) in [5.74, 6) is 1.61. The summed E-state index contributed by atoms with van der Waals surface area (Å²) < 4.78 is 2.10. The van der Waals surface area contributed by atoms with Crippen LogP contribution in [0.5, 0.6) is 0 Å². The molecule has 1 unspecified atom stereocenters. The number of amidine groups is 1. The molecule has 4 aromatic rings. The third-order valence-corrected chi connectivity index (χ3v) is 6.45. The third-order valence-electron chi connectivity index (χ3n) is 6.18. The van der Waals surface area contributed by atoms with Crippen molar-refractivity contribution < 1.29 is 5.11 Å². The van der Waals surface area contributed by atoms with Crippen LogP contribution in [-0.4, -0.2) is 32.9 Å². The molecule has 0 amide bonds. The summed E-state index contributed by atoms with van der Waals surface area (Å²) >= 11 is 5.71. The molecule has 4 rings (SSSR count). The number of aromatic nitrogens is 2. The van der Waals surface area contributed by atoms with E-state index in [0.29, 0.717) is 12.4 Å². The number of alkyl halides is 1. The van der Waals surface area contributed by atoms with Crippen LogP contribution < -0.4 is 11.1 Å². The Morgan fingerprint density at radius 3 is 2.40 bits per heavy atom. The van der Waals surface area contributed by atoms with Crippen LogP contribution >= 0.6 is 11.6 Å². The van der Waals surface area contributed by atoms with Crippen molar-refractivity contribution in [3.8, 4) is 11.1 Å². The van der Waals surface area contributed by atoms with Crippen LogP contribution in [0.25, 0.3) is 22.2 Å². The minimum atomic E-state index is -0.824. The van der Waals surface area contributed by atoms with Crippen LogP contribution in [0.1, 0.15) is 42.9 Å². The Kier molecular flexibility index (Phi) is 8.53. The number of nitrogens with two attached hydrogens (primary N) is 1. The number of hydrogen-bond donors (Lipinski definition) is 3. The number of nitrogens with one attached hydrogen (secondary N) is 1. The van der Waals surface area contributed by atoms with Crippen LogP contribution in [0, 0.1) is 0 Å². The lowest BCUT2D eigenvalue weighted by Gasteiger charge is -2.23. The summed E-state index contributed by atoms with van der Waals surface area (Å²) in [6.45, 7) is 0.636. The Labute approximate surface area is 211 Å². The standard InChI is InChI=1S/C28H32ClN5O/c1-34-25-13-6-5-11-23(25)32-27(34)24(12-7-8-18-31-26(30)19-29)33-28(35)22-16-14-21(15-17-22)20-9-3-2-4-10-20/h2-6,9-11,13-17,24,28,33,35H,7-8,12,18-19H2,1H3,(H2,30,31)/t24-,28?/m0/s1. The highest BCUT2D eigenvalue weighted by Crippen LogP contribution is 2.27. The quantitative estimate of drug-likeness (QED) is 0.0873. The molecule has 0 spiro atoms. The average Bonchev–Trinajstić information content (AvgIpc) is 3.24. The first kappa shape index (κ1) is 24.9. The Bertz CT molecular complexity index is 1250. The van der Waals surface area contributed by atoms with Gasteiger partial charge in [0.25, 0.3) is 0 Å². The molecule has 182 valence electrons. The highest BCUT2D eigenvalue weighted by molar-refractivity contribution is 6.27. The Morgan fingerprint density at radius 1 is 1.00 bits per heavy atom. The van der Waals surface area contributed by atoms with E-state index in [1.807, 2.05) is 67.7 Å². The summed E-state index contributed by atoms with van der Waals surface area (Å²) in [5, 5.41) is 14.5. The molecule has 4 N–H and O–H groups in total. The van der Waals surface area contributed by atoms with E-state index in [-0.39, 0.29) is 11.9 Å². The fourth-order valence-corrected chi connectivity index (χ4v) is 4.35. The summed E-state index contributed by atoms with van der Waals surface area (Å²) in [5.41, 5.74) is 10.8. The lowest BCUT2D eigenvalue weighted by Crippen LogP contribution is -2.28. The Morgan fingerprint density at radius 2 is 1.69 bits per heavy atom. The molecule has 35 heavy (non-hydrogen) atoms. The molecule has 0 saturated carbocycles. The Hall–Kier alpha value is -3.19. The second kappa shape index (κ2) is 12.0. The highest BCUT2D eigenvalue weighted by atomic mass is 35.5. The summed E-state index contributed by atoms with van der Waals surface area (Å²) in [6, 6.07) is 26.2. The first-order valence-electron chi connectivity index (χ1n) is 11.9. The molecule has 0 fully saturated rings. The van der Waals surface area contributed by atoms with E-state index < -0.39 is 6.23 Å². The van der Waals surface area contributed by atoms with Gasteiger partial charge in [-0.3, -0.25) is 10.3 Å². The van der Waals surface area contributed by atoms with Crippen molar-refractivity contribution in [1.29, 1.82) is 0 Å². The van der Waals surface area contributed by atoms with Crippen LogP contribution in [0.4, 0.5) is 0 Å². The molecule has 2 atom stereocenters. The van der Waals surface area contributed by atoms with Gasteiger partial charge in [0, 0.05) is 13.6 Å². The van der Waals surface area contributed by atoms with Gasteiger partial charge in [0.2, 0.25) is 0 Å². The molecule has 1 heterocycles. The number of benzene rings is 3. The number of aliphatic hydroxyl groups excluding tert-OH is 1. The summed E-state index contributed by atoms with van der Waals surface area (Å²) in [4.78, 5) is 9.16. The van der Waals surface area contributed by atoms with Gasteiger partial charge in [0.1, 0.15) is 17.9 Å². The highest BCUT2D eigenvalue weighted by Gasteiger charge is 2.22. The van der Waals surface area contributed by atoms with Crippen LogP contribution in [-0.2, 0) is 7.05 Å². The SMILES string of the molecule is Cn1c([C@H](CCCCN=C(N)CCl)NC(O)c2ccc(-c3ccccc3)cc2)nc2ccccc21. The van der Waals surface area contributed by atoms with E-state index in [2.05, 4.69) is 33.1 Å². The second-order valence-corrected chi connectivity index (χ2v) is 8.90. The fraction of sp³-hybridized carbons (Fsp3) is 0.286. The number of aliphatic imine (C=N–C) groups is 1. The Balaban J connectivity index is 1.50. The largest absolute Gasteiger partial charge is 0.386 e. The predicted molar refractivity (Wildman–Crippen MR) is 144 cm³/mol. The van der Waals surface area contributed by atoms with E-state index in [4.69, 9.17) is 22.3 Å². The number of unbranched alkanes of at least 4 members (excludes halogenated alkanes) is 1. The molecular weight excluding hydrogens is 458 g/mol. The van der Waals surface area contributed by atoms with Gasteiger partial charge in [0.05, 0.1) is 23.0 Å². The number of rotatable bonds is 11. The van der Waals surface area contributed by atoms with Crippen LogP contribution in [0.3, 0.4) is 0 Å². The average molecular weight is 490 g/mol. The molecule has 0 aliphatic carbocycles. The zero-order valence-electron chi connectivity index (χ0n) is 19.9. The van der Waals surface area contributed by atoms with Crippen molar-refractivity contribution in [2.24, 2.45) is 17.8 Å². The lowest BCUT2D eigenvalue weighted by molar-refractivity contribution is 0.118. The minimum absolute atomic E-state index is 0.134. The number of para-hydroxylation sites is 2. The zero-order chi connectivity index (χ0) is 24.6. The molecule has 0 aliphatic rings. The number of halogens is 1. The van der Waals surface area contributed by atoms with Gasteiger partial charge in [-0.1, -0.05) is 66.7 Å². The van der Waals surface area contributed by atoms with Gasteiger partial charge in [-0.15, -0.1) is 11.6 Å². The fourth-order valence-electron chi connectivity index (χ4n) is 4.26. The summed E-state index contributed by atoms with van der Waals surface area (Å²) in [7, 11) is 2.02. The van der Waals surface area contributed by atoms with E-state index in [0.717, 1.165) is 52.8 Å². The van der Waals surface area contributed by atoms with E-state index in [1.165, 1.54) is 0 Å². The number of imidazole rings is 1. The van der Waals surface area contributed by atoms with Crippen LogP contribution in [0.2, 0.25) is 0 Å². The van der Waals surface area contributed by atoms with Crippen molar-refractivity contribution in [3.05, 3.63) is 90.3 Å². The lowest BCUT2D eigenvalue weighted by atomic mass is 10.0. The molecule has 0 radical (unpaired) electrons.